The topological polar surface area (TPSA) is 273 Å². The number of nitrogens with two attached hydrogens (primary N) is 3. The van der Waals surface area contributed by atoms with Crippen LogP contribution in [0.3, 0.4) is 0 Å². The average Bonchev–Trinajstić information content (AvgIpc) is 2.75. The van der Waals surface area contributed by atoms with Crippen molar-refractivity contribution in [3.05, 3.63) is 0 Å². The van der Waals surface area contributed by atoms with Gasteiger partial charge in [0.25, 0.3) is 0 Å². The minimum atomic E-state index is -1.65. The van der Waals surface area contributed by atoms with Crippen molar-refractivity contribution < 1.29 is 39.3 Å². The molecule has 4 atom stereocenters. The van der Waals surface area contributed by atoms with Crippen LogP contribution in [0, 0.1) is 0 Å². The van der Waals surface area contributed by atoms with Crippen molar-refractivity contribution in [1.82, 2.24) is 16.0 Å². The molecule has 0 rings (SSSR count). The SMILES string of the molecule is CSCCC(NC(=O)C(CC(=O)O)NC(=O)C(CO)NC(=O)C(N)CCCN=C(N)N)C(=O)O. The maximum Gasteiger partial charge on any atom is 0.326 e. The number of aliphatic imine (C=N–C) groups is 1. The van der Waals surface area contributed by atoms with Crippen LogP contribution in [0.2, 0.25) is 0 Å². The summed E-state index contributed by atoms with van der Waals surface area (Å²) in [7, 11) is 0. The fourth-order valence-corrected chi connectivity index (χ4v) is 3.02. The van der Waals surface area contributed by atoms with Crippen LogP contribution in [0.25, 0.3) is 0 Å². The molecular weight excluding hydrogens is 474 g/mol. The number of nitrogens with zero attached hydrogens (tertiary/aromatic N) is 1. The van der Waals surface area contributed by atoms with Crippen LogP contribution in [0.5, 0.6) is 0 Å². The molecular formula is C18H33N7O8S. The summed E-state index contributed by atoms with van der Waals surface area (Å²) in [5.74, 6) is -5.33. The lowest BCUT2D eigenvalue weighted by Gasteiger charge is -2.23. The van der Waals surface area contributed by atoms with E-state index >= 15 is 0 Å². The van der Waals surface area contributed by atoms with E-state index in [2.05, 4.69) is 20.9 Å². The molecule has 0 aliphatic carbocycles. The first-order valence-electron chi connectivity index (χ1n) is 10.2. The molecule has 0 aliphatic heterocycles. The number of carboxylic acid groups (broad SMARTS) is 2. The molecule has 0 saturated heterocycles. The molecule has 3 amide bonds. The van der Waals surface area contributed by atoms with Crippen molar-refractivity contribution in [2.45, 2.75) is 49.9 Å². The lowest BCUT2D eigenvalue weighted by molar-refractivity contribution is -0.143. The summed E-state index contributed by atoms with van der Waals surface area (Å²) in [5, 5.41) is 34.3. The Morgan fingerprint density at radius 3 is 1.97 bits per heavy atom. The van der Waals surface area contributed by atoms with Gasteiger partial charge >= 0.3 is 11.9 Å². The number of aliphatic carboxylic acids is 2. The molecule has 0 heterocycles. The molecule has 0 fully saturated rings. The van der Waals surface area contributed by atoms with Crippen molar-refractivity contribution in [3.8, 4) is 0 Å². The first-order valence-corrected chi connectivity index (χ1v) is 11.6. The quantitative estimate of drug-likeness (QED) is 0.0519. The molecule has 16 heteroatoms. The summed E-state index contributed by atoms with van der Waals surface area (Å²) < 4.78 is 0. The molecule has 15 nitrogen and oxygen atoms in total. The van der Waals surface area contributed by atoms with Gasteiger partial charge < -0.3 is 48.5 Å². The summed E-state index contributed by atoms with van der Waals surface area (Å²) in [6.45, 7) is -0.640. The molecule has 0 aromatic carbocycles. The minimum absolute atomic E-state index is 0.0758. The van der Waals surface area contributed by atoms with Gasteiger partial charge in [-0.3, -0.25) is 24.2 Å². The number of amides is 3. The highest BCUT2D eigenvalue weighted by atomic mass is 32.2. The zero-order chi connectivity index (χ0) is 26.3. The fourth-order valence-electron chi connectivity index (χ4n) is 2.54. The first kappa shape index (κ1) is 30.9. The third kappa shape index (κ3) is 12.8. The van der Waals surface area contributed by atoms with Crippen LogP contribution in [-0.4, -0.2) is 100 Å². The number of carbonyl (C=O) groups excluding carboxylic acids is 3. The number of rotatable bonds is 17. The Morgan fingerprint density at radius 1 is 0.912 bits per heavy atom. The second-order valence-corrected chi connectivity index (χ2v) is 8.12. The van der Waals surface area contributed by atoms with Gasteiger partial charge in [-0.2, -0.15) is 11.8 Å². The van der Waals surface area contributed by atoms with E-state index in [1.807, 2.05) is 0 Å². The fraction of sp³-hybridized carbons (Fsp3) is 0.667. The van der Waals surface area contributed by atoms with Gasteiger partial charge in [0.05, 0.1) is 19.1 Å². The van der Waals surface area contributed by atoms with Gasteiger partial charge in [0.1, 0.15) is 18.1 Å². The average molecular weight is 508 g/mol. The first-order chi connectivity index (χ1) is 15.9. The standard InChI is InChI=1S/C18H33N7O8S/c1-34-6-4-10(17(32)33)23-15(30)11(7-13(27)28)24-16(31)12(8-26)25-14(29)9(19)3-2-5-22-18(20)21/h9-12,26H,2-8,19H2,1H3,(H,23,30)(H,24,31)(H,25,29)(H,27,28)(H,32,33)(H4,20,21,22). The lowest BCUT2D eigenvalue weighted by atomic mass is 10.1. The Kier molecular flexibility index (Phi) is 15.0. The summed E-state index contributed by atoms with van der Waals surface area (Å²) >= 11 is 1.35. The van der Waals surface area contributed by atoms with E-state index in [0.717, 1.165) is 0 Å². The number of carbonyl (C=O) groups is 5. The Labute approximate surface area is 200 Å². The third-order valence-corrected chi connectivity index (χ3v) is 5.00. The van der Waals surface area contributed by atoms with Crippen molar-refractivity contribution in [3.63, 3.8) is 0 Å². The highest BCUT2D eigenvalue weighted by Crippen LogP contribution is 2.04. The van der Waals surface area contributed by atoms with Gasteiger partial charge in [-0.05, 0) is 31.3 Å². The van der Waals surface area contributed by atoms with Crippen LogP contribution >= 0.6 is 11.8 Å². The molecule has 0 saturated carbocycles. The van der Waals surface area contributed by atoms with E-state index in [0.29, 0.717) is 12.2 Å². The van der Waals surface area contributed by atoms with E-state index in [1.165, 1.54) is 11.8 Å². The van der Waals surface area contributed by atoms with Crippen molar-refractivity contribution >= 4 is 47.4 Å². The Morgan fingerprint density at radius 2 is 1.47 bits per heavy atom. The Balaban J connectivity index is 5.13. The smallest absolute Gasteiger partial charge is 0.326 e. The minimum Gasteiger partial charge on any atom is -0.481 e. The number of carboxylic acids is 2. The normalized spacial score (nSPS) is 14.1. The summed E-state index contributed by atoms with van der Waals surface area (Å²) in [4.78, 5) is 63.4. The predicted molar refractivity (Wildman–Crippen MR) is 124 cm³/mol. The summed E-state index contributed by atoms with van der Waals surface area (Å²) in [5.41, 5.74) is 16.1. The van der Waals surface area contributed by atoms with Crippen LogP contribution in [0.1, 0.15) is 25.7 Å². The van der Waals surface area contributed by atoms with Crippen LogP contribution < -0.4 is 33.2 Å². The number of hydrogen-bond donors (Lipinski definition) is 9. The van der Waals surface area contributed by atoms with Crippen LogP contribution in [-0.2, 0) is 24.0 Å². The molecule has 0 aromatic rings. The molecule has 34 heavy (non-hydrogen) atoms. The number of aliphatic hydroxyl groups is 1. The highest BCUT2D eigenvalue weighted by molar-refractivity contribution is 7.98. The Hall–Kier alpha value is -3.11. The number of hydrogen-bond acceptors (Lipinski definition) is 9. The largest absolute Gasteiger partial charge is 0.481 e. The Bertz CT molecular complexity index is 748. The molecule has 194 valence electrons. The molecule has 0 aromatic heterocycles. The van der Waals surface area contributed by atoms with Gasteiger partial charge in [0.15, 0.2) is 5.96 Å². The lowest BCUT2D eigenvalue weighted by Crippen LogP contribution is -2.58. The maximum atomic E-state index is 12.5. The number of guanidine groups is 1. The van der Waals surface area contributed by atoms with Crippen LogP contribution in [0.15, 0.2) is 4.99 Å². The second-order valence-electron chi connectivity index (χ2n) is 7.14. The zero-order valence-electron chi connectivity index (χ0n) is 18.7. The predicted octanol–water partition coefficient (Wildman–Crippen LogP) is -3.87. The van der Waals surface area contributed by atoms with Gasteiger partial charge in [0, 0.05) is 6.54 Å². The van der Waals surface area contributed by atoms with E-state index < -0.39 is 66.9 Å². The summed E-state index contributed by atoms with van der Waals surface area (Å²) in [6, 6.07) is -5.53. The number of aliphatic hydroxyl groups excluding tert-OH is 1. The zero-order valence-corrected chi connectivity index (χ0v) is 19.5. The van der Waals surface area contributed by atoms with Gasteiger partial charge in [-0.15, -0.1) is 0 Å². The van der Waals surface area contributed by atoms with Gasteiger partial charge in [0.2, 0.25) is 17.7 Å². The number of nitrogens with one attached hydrogen (secondary N) is 3. The molecule has 4 unspecified atom stereocenters. The molecule has 0 bridgehead atoms. The molecule has 0 radical (unpaired) electrons. The van der Waals surface area contributed by atoms with Gasteiger partial charge in [-0.1, -0.05) is 0 Å². The maximum absolute atomic E-state index is 12.5. The third-order valence-electron chi connectivity index (χ3n) is 4.36. The van der Waals surface area contributed by atoms with Crippen molar-refractivity contribution in [2.24, 2.45) is 22.2 Å². The van der Waals surface area contributed by atoms with E-state index in [-0.39, 0.29) is 25.3 Å². The van der Waals surface area contributed by atoms with E-state index in [9.17, 15) is 34.2 Å². The van der Waals surface area contributed by atoms with Crippen molar-refractivity contribution in [2.75, 3.05) is 25.2 Å². The molecule has 0 aliphatic rings. The highest BCUT2D eigenvalue weighted by Gasteiger charge is 2.31. The number of thioether (sulfide) groups is 1. The monoisotopic (exact) mass is 507 g/mol. The van der Waals surface area contributed by atoms with E-state index in [1.54, 1.807) is 6.26 Å². The summed E-state index contributed by atoms with van der Waals surface area (Å²) in [6.07, 6.45) is 1.49. The van der Waals surface area contributed by atoms with E-state index in [4.69, 9.17) is 22.3 Å². The molecule has 0 spiro atoms. The second kappa shape index (κ2) is 16.5. The van der Waals surface area contributed by atoms with Gasteiger partial charge in [-0.25, -0.2) is 4.79 Å². The van der Waals surface area contributed by atoms with Crippen LogP contribution in [0.4, 0.5) is 0 Å². The van der Waals surface area contributed by atoms with Crippen molar-refractivity contribution in [1.29, 1.82) is 0 Å². The molecule has 12 N–H and O–H groups in total.